The molecular weight excluding hydrogens is 124 g/mol. The zero-order valence-corrected chi connectivity index (χ0v) is 7.15. The number of nitrogens with two attached hydrogens (primary N) is 1. The van der Waals surface area contributed by atoms with Crippen LogP contribution in [0.3, 0.4) is 0 Å². The van der Waals surface area contributed by atoms with Crippen molar-refractivity contribution in [1.29, 1.82) is 0 Å². The first-order valence-electron chi connectivity index (χ1n) is 4.02. The van der Waals surface area contributed by atoms with Crippen LogP contribution in [0.15, 0.2) is 0 Å². The molecule has 0 bridgehead atoms. The first kappa shape index (κ1) is 8.02. The molecule has 2 atom stereocenters. The van der Waals surface area contributed by atoms with E-state index in [1.54, 1.807) is 0 Å². The van der Waals surface area contributed by atoms with E-state index >= 15 is 0 Å². The fourth-order valence-electron chi connectivity index (χ4n) is 1.26. The number of nitrogens with one attached hydrogen (secondary N) is 1. The van der Waals surface area contributed by atoms with Crippen LogP contribution in [0.25, 0.3) is 0 Å². The largest absolute Gasteiger partial charge is 0.326 e. The van der Waals surface area contributed by atoms with Crippen molar-refractivity contribution in [2.24, 2.45) is 5.73 Å². The molecule has 0 amide bonds. The Morgan fingerprint density at radius 1 is 1.30 bits per heavy atom. The highest BCUT2D eigenvalue weighted by molar-refractivity contribution is 4.93. The standard InChI is InChI=1S/C8H18N2/c1-8(2,3)10-7-5-4-6(7)9/h6-7,10H,4-5,9H2,1-3H3/t6-,7-/m0/s1. The van der Waals surface area contributed by atoms with Gasteiger partial charge in [-0.15, -0.1) is 0 Å². The average molecular weight is 142 g/mol. The van der Waals surface area contributed by atoms with Gasteiger partial charge in [-0.3, -0.25) is 0 Å². The molecule has 1 fully saturated rings. The van der Waals surface area contributed by atoms with Crippen LogP contribution in [0.1, 0.15) is 33.6 Å². The third kappa shape index (κ3) is 1.96. The maximum absolute atomic E-state index is 5.77. The molecule has 3 N–H and O–H groups in total. The van der Waals surface area contributed by atoms with Crippen molar-refractivity contribution in [3.8, 4) is 0 Å². The zero-order valence-electron chi connectivity index (χ0n) is 7.15. The van der Waals surface area contributed by atoms with Crippen molar-refractivity contribution in [3.05, 3.63) is 0 Å². The second-order valence-corrected chi connectivity index (χ2v) is 4.24. The summed E-state index contributed by atoms with van der Waals surface area (Å²) in [5.41, 5.74) is 5.99. The highest BCUT2D eigenvalue weighted by Gasteiger charge is 2.29. The van der Waals surface area contributed by atoms with Gasteiger partial charge in [0.2, 0.25) is 0 Å². The maximum Gasteiger partial charge on any atom is 0.0224 e. The van der Waals surface area contributed by atoms with Gasteiger partial charge in [-0.25, -0.2) is 0 Å². The van der Waals surface area contributed by atoms with Crippen LogP contribution in [0.5, 0.6) is 0 Å². The van der Waals surface area contributed by atoms with Crippen LogP contribution in [-0.4, -0.2) is 17.6 Å². The molecule has 1 aliphatic carbocycles. The molecule has 0 aromatic heterocycles. The second kappa shape index (κ2) is 2.51. The van der Waals surface area contributed by atoms with Crippen LogP contribution in [-0.2, 0) is 0 Å². The molecule has 2 nitrogen and oxygen atoms in total. The van der Waals surface area contributed by atoms with Gasteiger partial charge in [-0.2, -0.15) is 0 Å². The Bertz CT molecular complexity index is 115. The summed E-state index contributed by atoms with van der Waals surface area (Å²) in [4.78, 5) is 0. The monoisotopic (exact) mass is 142 g/mol. The summed E-state index contributed by atoms with van der Waals surface area (Å²) in [6.07, 6.45) is 2.44. The van der Waals surface area contributed by atoms with E-state index < -0.39 is 0 Å². The molecule has 0 spiro atoms. The normalized spacial score (nSPS) is 33.6. The molecule has 60 valence electrons. The summed E-state index contributed by atoms with van der Waals surface area (Å²) in [5.74, 6) is 0. The van der Waals surface area contributed by atoms with Crippen LogP contribution >= 0.6 is 0 Å². The van der Waals surface area contributed by atoms with Crippen molar-refractivity contribution in [1.82, 2.24) is 5.32 Å². The van der Waals surface area contributed by atoms with Gasteiger partial charge < -0.3 is 11.1 Å². The van der Waals surface area contributed by atoms with Gasteiger partial charge in [0.1, 0.15) is 0 Å². The lowest BCUT2D eigenvalue weighted by Crippen LogP contribution is -2.58. The van der Waals surface area contributed by atoms with Crippen LogP contribution in [0.4, 0.5) is 0 Å². The molecule has 0 heterocycles. The lowest BCUT2D eigenvalue weighted by molar-refractivity contribution is 0.230. The van der Waals surface area contributed by atoms with Crippen LogP contribution < -0.4 is 11.1 Å². The van der Waals surface area contributed by atoms with Crippen molar-refractivity contribution >= 4 is 0 Å². The fourth-order valence-corrected chi connectivity index (χ4v) is 1.26. The molecule has 2 heteroatoms. The van der Waals surface area contributed by atoms with E-state index in [4.69, 9.17) is 5.73 Å². The summed E-state index contributed by atoms with van der Waals surface area (Å²) in [7, 11) is 0. The lowest BCUT2D eigenvalue weighted by Gasteiger charge is -2.39. The molecule has 0 aromatic rings. The highest BCUT2D eigenvalue weighted by atomic mass is 15.0. The van der Waals surface area contributed by atoms with E-state index in [0.717, 1.165) is 0 Å². The topological polar surface area (TPSA) is 38.0 Å². The third-order valence-electron chi connectivity index (χ3n) is 1.95. The Labute approximate surface area is 63.2 Å². The van der Waals surface area contributed by atoms with Crippen molar-refractivity contribution in [2.75, 3.05) is 0 Å². The van der Waals surface area contributed by atoms with E-state index in [2.05, 4.69) is 26.1 Å². The molecule has 0 unspecified atom stereocenters. The fraction of sp³-hybridized carbons (Fsp3) is 1.00. The predicted octanol–water partition coefficient (Wildman–Crippen LogP) is 0.864. The third-order valence-corrected chi connectivity index (χ3v) is 1.95. The summed E-state index contributed by atoms with van der Waals surface area (Å²) < 4.78 is 0. The van der Waals surface area contributed by atoms with Crippen molar-refractivity contribution in [2.45, 2.75) is 51.2 Å². The first-order chi connectivity index (χ1) is 4.49. The Hall–Kier alpha value is -0.0800. The summed E-state index contributed by atoms with van der Waals surface area (Å²) in [6, 6.07) is 0.972. The summed E-state index contributed by atoms with van der Waals surface area (Å²) in [6.45, 7) is 6.54. The molecule has 1 rings (SSSR count). The SMILES string of the molecule is CC(C)(C)N[C@H]1CC[C@@H]1N. The molecular formula is C8H18N2. The van der Waals surface area contributed by atoms with Gasteiger partial charge in [0.25, 0.3) is 0 Å². The summed E-state index contributed by atoms with van der Waals surface area (Å²) >= 11 is 0. The van der Waals surface area contributed by atoms with Gasteiger partial charge in [0.15, 0.2) is 0 Å². The number of hydrogen-bond donors (Lipinski definition) is 2. The van der Waals surface area contributed by atoms with Crippen molar-refractivity contribution in [3.63, 3.8) is 0 Å². The van der Waals surface area contributed by atoms with Gasteiger partial charge in [0.05, 0.1) is 0 Å². The Balaban J connectivity index is 2.26. The minimum Gasteiger partial charge on any atom is -0.326 e. The number of hydrogen-bond acceptors (Lipinski definition) is 2. The van der Waals surface area contributed by atoms with Crippen LogP contribution in [0.2, 0.25) is 0 Å². The van der Waals surface area contributed by atoms with E-state index in [1.165, 1.54) is 12.8 Å². The molecule has 0 radical (unpaired) electrons. The van der Waals surface area contributed by atoms with E-state index in [0.29, 0.717) is 12.1 Å². The quantitative estimate of drug-likeness (QED) is 0.570. The van der Waals surface area contributed by atoms with Gasteiger partial charge in [0, 0.05) is 17.6 Å². The molecule has 0 saturated heterocycles. The Morgan fingerprint density at radius 2 is 1.90 bits per heavy atom. The smallest absolute Gasteiger partial charge is 0.0224 e. The van der Waals surface area contributed by atoms with Crippen molar-refractivity contribution < 1.29 is 0 Å². The Morgan fingerprint density at radius 3 is 2.00 bits per heavy atom. The summed E-state index contributed by atoms with van der Waals surface area (Å²) in [5, 5.41) is 3.48. The minimum absolute atomic E-state index is 0.225. The molecule has 10 heavy (non-hydrogen) atoms. The molecule has 1 aliphatic rings. The van der Waals surface area contributed by atoms with Gasteiger partial charge >= 0.3 is 0 Å². The van der Waals surface area contributed by atoms with Crippen LogP contribution in [0, 0.1) is 0 Å². The lowest BCUT2D eigenvalue weighted by atomic mass is 9.85. The van der Waals surface area contributed by atoms with E-state index in [1.807, 2.05) is 0 Å². The van der Waals surface area contributed by atoms with E-state index in [-0.39, 0.29) is 5.54 Å². The van der Waals surface area contributed by atoms with Gasteiger partial charge in [-0.05, 0) is 33.6 Å². The number of rotatable bonds is 1. The molecule has 0 aromatic carbocycles. The molecule has 0 aliphatic heterocycles. The first-order valence-corrected chi connectivity index (χ1v) is 4.02. The molecule has 1 saturated carbocycles. The predicted molar refractivity (Wildman–Crippen MR) is 43.9 cm³/mol. The Kier molecular flexibility index (Phi) is 2.02. The zero-order chi connectivity index (χ0) is 7.78. The van der Waals surface area contributed by atoms with E-state index in [9.17, 15) is 0 Å². The maximum atomic E-state index is 5.77. The minimum atomic E-state index is 0.225. The van der Waals surface area contributed by atoms with Gasteiger partial charge in [-0.1, -0.05) is 0 Å². The second-order valence-electron chi connectivity index (χ2n) is 4.24. The highest BCUT2D eigenvalue weighted by Crippen LogP contribution is 2.19. The average Bonchev–Trinajstić information content (AvgIpc) is 1.78.